The summed E-state index contributed by atoms with van der Waals surface area (Å²) in [5.41, 5.74) is -0.400. The summed E-state index contributed by atoms with van der Waals surface area (Å²) in [6, 6.07) is 9.37. The van der Waals surface area contributed by atoms with E-state index in [9.17, 15) is 18.4 Å². The first kappa shape index (κ1) is 12.1. The zero-order valence-corrected chi connectivity index (χ0v) is 9.19. The summed E-state index contributed by atoms with van der Waals surface area (Å²) in [5.74, 6) is -2.11. The molecule has 0 spiro atoms. The van der Waals surface area contributed by atoms with Gasteiger partial charge in [-0.1, -0.05) is 30.3 Å². The molecule has 0 fully saturated rings. The number of aldehydes is 2. The van der Waals surface area contributed by atoms with E-state index in [1.54, 1.807) is 30.3 Å². The number of hydrogen-bond donors (Lipinski definition) is 0. The second-order valence-electron chi connectivity index (χ2n) is 3.65. The maximum Gasteiger partial charge on any atom is 0.155 e. The van der Waals surface area contributed by atoms with Gasteiger partial charge >= 0.3 is 0 Å². The van der Waals surface area contributed by atoms with Crippen LogP contribution in [0.4, 0.5) is 8.78 Å². The maximum atomic E-state index is 13.8. The Morgan fingerprint density at radius 1 is 0.889 bits per heavy atom. The van der Waals surface area contributed by atoms with E-state index in [4.69, 9.17) is 0 Å². The van der Waals surface area contributed by atoms with Crippen LogP contribution >= 0.6 is 0 Å². The van der Waals surface area contributed by atoms with Gasteiger partial charge in [-0.15, -0.1) is 0 Å². The molecule has 0 bridgehead atoms. The quantitative estimate of drug-likeness (QED) is 0.779. The molecular formula is C14H8F2O2. The predicted octanol–water partition coefficient (Wildman–Crippen LogP) is 3.26. The van der Waals surface area contributed by atoms with Crippen LogP contribution in [-0.4, -0.2) is 12.6 Å². The Kier molecular flexibility index (Phi) is 3.28. The standard InChI is InChI=1S/C14H8F2O2/c15-13-6-10(9-4-2-1-3-5-9)11(7-17)14(16)12(13)8-18/h1-8H. The molecule has 0 heterocycles. The Hall–Kier alpha value is -2.36. The lowest BCUT2D eigenvalue weighted by Crippen LogP contribution is -2.02. The van der Waals surface area contributed by atoms with Crippen LogP contribution < -0.4 is 0 Å². The van der Waals surface area contributed by atoms with Crippen LogP contribution in [0.2, 0.25) is 0 Å². The Morgan fingerprint density at radius 2 is 1.50 bits per heavy atom. The third-order valence-corrected chi connectivity index (χ3v) is 2.61. The zero-order valence-electron chi connectivity index (χ0n) is 9.19. The summed E-state index contributed by atoms with van der Waals surface area (Å²) in [7, 11) is 0. The normalized spacial score (nSPS) is 10.1. The lowest BCUT2D eigenvalue weighted by Gasteiger charge is -2.08. The molecule has 0 aromatic heterocycles. The molecule has 2 aromatic carbocycles. The molecule has 2 aromatic rings. The molecule has 0 saturated carbocycles. The van der Waals surface area contributed by atoms with Gasteiger partial charge in [-0.05, 0) is 17.2 Å². The summed E-state index contributed by atoms with van der Waals surface area (Å²) in [4.78, 5) is 21.5. The molecule has 0 aliphatic rings. The van der Waals surface area contributed by atoms with Crippen LogP contribution in [-0.2, 0) is 0 Å². The van der Waals surface area contributed by atoms with Crippen molar-refractivity contribution in [2.24, 2.45) is 0 Å². The van der Waals surface area contributed by atoms with E-state index < -0.39 is 17.2 Å². The fourth-order valence-electron chi connectivity index (χ4n) is 1.73. The lowest BCUT2D eigenvalue weighted by molar-refractivity contribution is 0.111. The van der Waals surface area contributed by atoms with E-state index in [2.05, 4.69) is 0 Å². The molecule has 18 heavy (non-hydrogen) atoms. The van der Waals surface area contributed by atoms with Crippen molar-refractivity contribution in [2.75, 3.05) is 0 Å². The first-order chi connectivity index (χ1) is 8.69. The molecule has 0 aliphatic carbocycles. The molecule has 2 nitrogen and oxygen atoms in total. The van der Waals surface area contributed by atoms with Gasteiger partial charge in [0.25, 0.3) is 0 Å². The van der Waals surface area contributed by atoms with Gasteiger partial charge < -0.3 is 0 Å². The second kappa shape index (κ2) is 4.87. The van der Waals surface area contributed by atoms with E-state index in [1.807, 2.05) is 0 Å². The highest BCUT2D eigenvalue weighted by atomic mass is 19.1. The Balaban J connectivity index is 2.76. The zero-order chi connectivity index (χ0) is 13.1. The van der Waals surface area contributed by atoms with Crippen LogP contribution in [0.1, 0.15) is 20.7 Å². The number of hydrogen-bond acceptors (Lipinski definition) is 2. The number of carbonyl (C=O) groups is 2. The van der Waals surface area contributed by atoms with Gasteiger partial charge in [0.05, 0.1) is 11.1 Å². The monoisotopic (exact) mass is 246 g/mol. The summed E-state index contributed by atoms with van der Waals surface area (Å²) in [6.45, 7) is 0. The van der Waals surface area contributed by atoms with Gasteiger partial charge in [0.1, 0.15) is 11.6 Å². The van der Waals surface area contributed by atoms with Crippen molar-refractivity contribution in [1.82, 2.24) is 0 Å². The van der Waals surface area contributed by atoms with Gasteiger partial charge in [-0.3, -0.25) is 9.59 Å². The first-order valence-corrected chi connectivity index (χ1v) is 5.16. The first-order valence-electron chi connectivity index (χ1n) is 5.16. The fourth-order valence-corrected chi connectivity index (χ4v) is 1.73. The third kappa shape index (κ3) is 1.93. The largest absolute Gasteiger partial charge is 0.298 e. The van der Waals surface area contributed by atoms with Gasteiger partial charge in [0.2, 0.25) is 0 Å². The number of benzene rings is 2. The summed E-state index contributed by atoms with van der Waals surface area (Å²) in [6.07, 6.45) is 0.344. The SMILES string of the molecule is O=Cc1c(F)cc(-c2ccccc2)c(C=O)c1F. The van der Waals surface area contributed by atoms with Crippen molar-refractivity contribution in [3.63, 3.8) is 0 Å². The molecule has 0 N–H and O–H groups in total. The van der Waals surface area contributed by atoms with Gasteiger partial charge in [0.15, 0.2) is 12.6 Å². The summed E-state index contributed by atoms with van der Waals surface area (Å²) >= 11 is 0. The van der Waals surface area contributed by atoms with E-state index in [0.717, 1.165) is 6.07 Å². The predicted molar refractivity (Wildman–Crippen MR) is 62.6 cm³/mol. The van der Waals surface area contributed by atoms with Gasteiger partial charge in [-0.25, -0.2) is 8.78 Å². The lowest BCUT2D eigenvalue weighted by atomic mass is 9.97. The highest BCUT2D eigenvalue weighted by molar-refractivity contribution is 5.91. The topological polar surface area (TPSA) is 34.1 Å². The van der Waals surface area contributed by atoms with E-state index in [1.165, 1.54) is 0 Å². The summed E-state index contributed by atoms with van der Waals surface area (Å²) < 4.78 is 27.3. The van der Waals surface area contributed by atoms with Gasteiger partial charge in [-0.2, -0.15) is 0 Å². The Labute approximate surface area is 102 Å². The minimum absolute atomic E-state index is 0.0619. The molecule has 4 heteroatoms. The number of rotatable bonds is 3. The highest BCUT2D eigenvalue weighted by Crippen LogP contribution is 2.27. The molecule has 0 atom stereocenters. The van der Waals surface area contributed by atoms with E-state index in [-0.39, 0.29) is 23.7 Å². The van der Waals surface area contributed by atoms with Crippen molar-refractivity contribution < 1.29 is 18.4 Å². The molecule has 0 saturated heterocycles. The third-order valence-electron chi connectivity index (χ3n) is 2.61. The van der Waals surface area contributed by atoms with Gasteiger partial charge in [0, 0.05) is 0 Å². The maximum absolute atomic E-state index is 13.8. The molecular weight excluding hydrogens is 238 g/mol. The second-order valence-corrected chi connectivity index (χ2v) is 3.65. The minimum Gasteiger partial charge on any atom is -0.298 e. The molecule has 2 rings (SSSR count). The average molecular weight is 246 g/mol. The van der Waals surface area contributed by atoms with Crippen LogP contribution in [0.15, 0.2) is 36.4 Å². The van der Waals surface area contributed by atoms with Crippen molar-refractivity contribution in [3.05, 3.63) is 59.2 Å². The van der Waals surface area contributed by atoms with Crippen molar-refractivity contribution in [3.8, 4) is 11.1 Å². The van der Waals surface area contributed by atoms with Crippen LogP contribution in [0.25, 0.3) is 11.1 Å². The minimum atomic E-state index is -1.13. The smallest absolute Gasteiger partial charge is 0.155 e. The van der Waals surface area contributed by atoms with Crippen LogP contribution in [0.3, 0.4) is 0 Å². The number of carbonyl (C=O) groups excluding carboxylic acids is 2. The van der Waals surface area contributed by atoms with Crippen molar-refractivity contribution >= 4 is 12.6 Å². The molecule has 0 amide bonds. The molecule has 0 aliphatic heterocycles. The summed E-state index contributed by atoms with van der Waals surface area (Å²) in [5, 5.41) is 0. The Morgan fingerprint density at radius 3 is 2.06 bits per heavy atom. The van der Waals surface area contributed by atoms with Crippen LogP contribution in [0.5, 0.6) is 0 Å². The van der Waals surface area contributed by atoms with Crippen molar-refractivity contribution in [2.45, 2.75) is 0 Å². The average Bonchev–Trinajstić information content (AvgIpc) is 2.39. The van der Waals surface area contributed by atoms with E-state index >= 15 is 0 Å². The Bertz CT molecular complexity index is 607. The van der Waals surface area contributed by atoms with Crippen LogP contribution in [0, 0.1) is 11.6 Å². The molecule has 90 valence electrons. The highest BCUT2D eigenvalue weighted by Gasteiger charge is 2.18. The van der Waals surface area contributed by atoms with Crippen molar-refractivity contribution in [1.29, 1.82) is 0 Å². The number of halogens is 2. The van der Waals surface area contributed by atoms with E-state index in [0.29, 0.717) is 5.56 Å². The molecule has 0 unspecified atom stereocenters. The fraction of sp³-hybridized carbons (Fsp3) is 0. The molecule has 0 radical (unpaired) electrons.